The minimum atomic E-state index is -0.511. The number of nitrogens with one attached hydrogen (secondary N) is 1. The number of carbonyl (C=O) groups is 1. The molecule has 0 unspecified atom stereocenters. The first-order chi connectivity index (χ1) is 9.49. The van der Waals surface area contributed by atoms with E-state index >= 15 is 0 Å². The summed E-state index contributed by atoms with van der Waals surface area (Å²) in [5.41, 5.74) is -0.999. The maximum Gasteiger partial charge on any atom is 0.332 e. The van der Waals surface area contributed by atoms with Crippen molar-refractivity contribution >= 4 is 17.8 Å². The molecule has 0 bridgehead atoms. The minimum absolute atomic E-state index is 0.132. The van der Waals surface area contributed by atoms with Gasteiger partial charge in [-0.1, -0.05) is 0 Å². The number of hydrogen-bond acceptors (Lipinski definition) is 4. The van der Waals surface area contributed by atoms with Gasteiger partial charge in [-0.05, 0) is 18.2 Å². The fourth-order valence-electron chi connectivity index (χ4n) is 1.56. The van der Waals surface area contributed by atoms with Crippen LogP contribution in [0.3, 0.4) is 0 Å². The highest BCUT2D eigenvalue weighted by Crippen LogP contribution is 2.03. The van der Waals surface area contributed by atoms with Gasteiger partial charge in [0.2, 0.25) is 5.91 Å². The Morgan fingerprint density at radius 3 is 2.70 bits per heavy atom. The average Bonchev–Trinajstić information content (AvgIpc) is 2.93. The number of rotatable bonds is 3. The summed E-state index contributed by atoms with van der Waals surface area (Å²) in [5, 5.41) is 2.46. The van der Waals surface area contributed by atoms with Gasteiger partial charge in [0.25, 0.3) is 5.56 Å². The third-order valence-electron chi connectivity index (χ3n) is 2.72. The van der Waals surface area contributed by atoms with E-state index in [4.69, 9.17) is 4.42 Å². The molecule has 2 aromatic rings. The van der Waals surface area contributed by atoms with Gasteiger partial charge >= 0.3 is 5.69 Å². The van der Waals surface area contributed by atoms with E-state index in [-0.39, 0.29) is 5.82 Å². The van der Waals surface area contributed by atoms with E-state index in [9.17, 15) is 14.4 Å². The summed E-state index contributed by atoms with van der Waals surface area (Å²) in [6.07, 6.45) is 4.22. The molecular weight excluding hydrogens is 262 g/mol. The summed E-state index contributed by atoms with van der Waals surface area (Å²) in [6.45, 7) is 0. The van der Waals surface area contributed by atoms with E-state index in [0.717, 1.165) is 4.57 Å². The third kappa shape index (κ3) is 2.77. The van der Waals surface area contributed by atoms with Gasteiger partial charge in [0.05, 0.1) is 6.26 Å². The van der Waals surface area contributed by atoms with Crippen molar-refractivity contribution in [2.24, 2.45) is 14.1 Å². The highest BCUT2D eigenvalue weighted by molar-refractivity contribution is 6.01. The molecule has 0 aromatic carbocycles. The summed E-state index contributed by atoms with van der Waals surface area (Å²) in [4.78, 5) is 34.9. The lowest BCUT2D eigenvalue weighted by Gasteiger charge is -2.08. The zero-order valence-electron chi connectivity index (χ0n) is 11.0. The first-order valence-corrected chi connectivity index (χ1v) is 5.78. The topological polar surface area (TPSA) is 86.2 Å². The Bertz CT molecular complexity index is 766. The largest absolute Gasteiger partial charge is 0.465 e. The van der Waals surface area contributed by atoms with Crippen LogP contribution in [0.1, 0.15) is 5.76 Å². The van der Waals surface area contributed by atoms with Crippen molar-refractivity contribution in [1.29, 1.82) is 0 Å². The van der Waals surface area contributed by atoms with Crippen molar-refractivity contribution in [2.75, 3.05) is 5.32 Å². The first-order valence-electron chi connectivity index (χ1n) is 5.78. The van der Waals surface area contributed by atoms with Crippen molar-refractivity contribution in [3.8, 4) is 0 Å². The number of hydrogen-bond donors (Lipinski definition) is 1. The van der Waals surface area contributed by atoms with Crippen LogP contribution in [0, 0.1) is 0 Å². The summed E-state index contributed by atoms with van der Waals surface area (Å²) in [6, 6.07) is 4.57. The number of amides is 1. The van der Waals surface area contributed by atoms with Crippen molar-refractivity contribution in [1.82, 2.24) is 9.13 Å². The van der Waals surface area contributed by atoms with Crippen LogP contribution in [0.25, 0.3) is 6.08 Å². The fourth-order valence-corrected chi connectivity index (χ4v) is 1.56. The number of nitrogens with zero attached hydrogens (tertiary/aromatic N) is 2. The van der Waals surface area contributed by atoms with Crippen LogP contribution in [0.2, 0.25) is 0 Å². The Balaban J connectivity index is 2.21. The number of aromatic nitrogens is 2. The molecule has 7 heteroatoms. The van der Waals surface area contributed by atoms with Crippen LogP contribution in [-0.4, -0.2) is 15.0 Å². The summed E-state index contributed by atoms with van der Waals surface area (Å²) in [5.74, 6) is 0.190. The molecule has 0 aliphatic rings. The monoisotopic (exact) mass is 275 g/mol. The average molecular weight is 275 g/mol. The predicted octanol–water partition coefficient (Wildman–Crippen LogP) is 0.329. The minimum Gasteiger partial charge on any atom is -0.465 e. The van der Waals surface area contributed by atoms with Gasteiger partial charge in [-0.3, -0.25) is 18.7 Å². The second kappa shape index (κ2) is 5.43. The molecule has 2 rings (SSSR count). The lowest BCUT2D eigenvalue weighted by molar-refractivity contribution is -0.111. The maximum absolute atomic E-state index is 11.7. The quantitative estimate of drug-likeness (QED) is 0.818. The lowest BCUT2D eigenvalue weighted by atomic mass is 10.4. The Hall–Kier alpha value is -2.83. The fraction of sp³-hybridized carbons (Fsp3) is 0.154. The van der Waals surface area contributed by atoms with Crippen molar-refractivity contribution < 1.29 is 9.21 Å². The molecule has 7 nitrogen and oxygen atoms in total. The molecular formula is C13H13N3O4. The van der Waals surface area contributed by atoms with E-state index in [2.05, 4.69) is 5.32 Å². The standard InChI is InChI=1S/C13H13N3O4/c1-15-10(8-12(18)16(2)13(15)19)14-11(17)6-5-9-4-3-7-20-9/h3-8H,1-2H3,(H,14,17). The van der Waals surface area contributed by atoms with E-state index in [1.165, 1.54) is 43.1 Å². The second-order valence-corrected chi connectivity index (χ2v) is 4.11. The Morgan fingerprint density at radius 2 is 2.05 bits per heavy atom. The molecule has 0 atom stereocenters. The van der Waals surface area contributed by atoms with Gasteiger partial charge < -0.3 is 9.73 Å². The SMILES string of the molecule is Cn1c(NC(=O)C=Cc2ccco2)cc(=O)n(C)c1=O. The molecule has 0 aliphatic heterocycles. The van der Waals surface area contributed by atoms with Crippen molar-refractivity contribution in [2.45, 2.75) is 0 Å². The molecule has 0 radical (unpaired) electrons. The highest BCUT2D eigenvalue weighted by atomic mass is 16.3. The van der Waals surface area contributed by atoms with Gasteiger partial charge in [-0.25, -0.2) is 4.79 Å². The van der Waals surface area contributed by atoms with Crippen molar-refractivity contribution in [3.63, 3.8) is 0 Å². The summed E-state index contributed by atoms with van der Waals surface area (Å²) < 4.78 is 7.17. The van der Waals surface area contributed by atoms with Gasteiger partial charge in [0.15, 0.2) is 0 Å². The maximum atomic E-state index is 11.7. The summed E-state index contributed by atoms with van der Waals surface area (Å²) >= 11 is 0. The molecule has 20 heavy (non-hydrogen) atoms. The Kier molecular flexibility index (Phi) is 3.69. The zero-order valence-corrected chi connectivity index (χ0v) is 11.0. The molecule has 1 N–H and O–H groups in total. The molecule has 104 valence electrons. The van der Waals surface area contributed by atoms with Crippen LogP contribution >= 0.6 is 0 Å². The van der Waals surface area contributed by atoms with E-state index in [1.807, 2.05) is 0 Å². The van der Waals surface area contributed by atoms with Crippen LogP contribution in [0.4, 0.5) is 5.82 Å². The van der Waals surface area contributed by atoms with Crippen LogP contribution in [-0.2, 0) is 18.9 Å². The highest BCUT2D eigenvalue weighted by Gasteiger charge is 2.07. The van der Waals surface area contributed by atoms with Gasteiger partial charge in [-0.15, -0.1) is 0 Å². The Morgan fingerprint density at radius 1 is 1.30 bits per heavy atom. The van der Waals surface area contributed by atoms with Gasteiger partial charge in [-0.2, -0.15) is 0 Å². The molecule has 2 heterocycles. The lowest BCUT2D eigenvalue weighted by Crippen LogP contribution is -2.37. The number of carbonyl (C=O) groups excluding carboxylic acids is 1. The third-order valence-corrected chi connectivity index (χ3v) is 2.72. The van der Waals surface area contributed by atoms with E-state index < -0.39 is 17.2 Å². The molecule has 1 amide bonds. The van der Waals surface area contributed by atoms with E-state index in [0.29, 0.717) is 5.76 Å². The Labute approximate surface area is 113 Å². The first kappa shape index (κ1) is 13.6. The smallest absolute Gasteiger partial charge is 0.332 e. The zero-order chi connectivity index (χ0) is 14.7. The van der Waals surface area contributed by atoms with Crippen LogP contribution in [0.5, 0.6) is 0 Å². The molecule has 0 aliphatic carbocycles. The van der Waals surface area contributed by atoms with Gasteiger partial charge in [0.1, 0.15) is 11.6 Å². The summed E-state index contributed by atoms with van der Waals surface area (Å²) in [7, 11) is 2.83. The van der Waals surface area contributed by atoms with Crippen LogP contribution in [0.15, 0.2) is 44.5 Å². The van der Waals surface area contributed by atoms with Crippen molar-refractivity contribution in [3.05, 3.63) is 57.1 Å². The number of furan rings is 1. The van der Waals surface area contributed by atoms with Gasteiger partial charge in [0, 0.05) is 26.2 Å². The molecule has 0 spiro atoms. The van der Waals surface area contributed by atoms with Crippen LogP contribution < -0.4 is 16.6 Å². The predicted molar refractivity (Wildman–Crippen MR) is 73.3 cm³/mol. The second-order valence-electron chi connectivity index (χ2n) is 4.11. The molecule has 2 aromatic heterocycles. The normalized spacial score (nSPS) is 10.9. The number of anilines is 1. The van der Waals surface area contributed by atoms with E-state index in [1.54, 1.807) is 12.1 Å². The molecule has 0 saturated carbocycles. The molecule has 0 fully saturated rings. The molecule has 0 saturated heterocycles.